The van der Waals surface area contributed by atoms with Crippen molar-refractivity contribution < 1.29 is 9.53 Å². The van der Waals surface area contributed by atoms with Gasteiger partial charge in [0.15, 0.2) is 0 Å². The molecule has 4 heteroatoms. The van der Waals surface area contributed by atoms with E-state index in [9.17, 15) is 4.79 Å². The summed E-state index contributed by atoms with van der Waals surface area (Å²) in [6.45, 7) is 1.82. The van der Waals surface area contributed by atoms with Crippen LogP contribution in [0.1, 0.15) is 6.92 Å². The molecular formula is C12H16N2O2. The molecule has 0 aliphatic heterocycles. The molecule has 0 saturated carbocycles. The van der Waals surface area contributed by atoms with Crippen LogP contribution in [0.2, 0.25) is 0 Å². The number of methoxy groups -OCH3 is 1. The molecule has 0 saturated heterocycles. The fourth-order valence-corrected chi connectivity index (χ4v) is 1.19. The minimum atomic E-state index is -0.184. The summed E-state index contributed by atoms with van der Waals surface area (Å²) >= 11 is 0. The Labute approximate surface area is 95.3 Å². The largest absolute Gasteiger partial charge is 0.495 e. The Morgan fingerprint density at radius 1 is 1.38 bits per heavy atom. The number of hydrogen-bond donors (Lipinski definition) is 2. The van der Waals surface area contributed by atoms with Crippen molar-refractivity contribution in [1.82, 2.24) is 5.32 Å². The Morgan fingerprint density at radius 2 is 2.06 bits per heavy atom. The van der Waals surface area contributed by atoms with Gasteiger partial charge in [0, 0.05) is 18.8 Å². The van der Waals surface area contributed by atoms with Crippen LogP contribution in [0.4, 0.5) is 5.69 Å². The van der Waals surface area contributed by atoms with Gasteiger partial charge >= 0.3 is 0 Å². The summed E-state index contributed by atoms with van der Waals surface area (Å²) in [4.78, 5) is 11.6. The lowest BCUT2D eigenvalue weighted by Crippen LogP contribution is -2.12. The van der Waals surface area contributed by atoms with Crippen LogP contribution in [0.5, 0.6) is 5.75 Å². The molecule has 0 radical (unpaired) electrons. The molecular weight excluding hydrogens is 204 g/mol. The van der Waals surface area contributed by atoms with E-state index in [2.05, 4.69) is 10.6 Å². The van der Waals surface area contributed by atoms with Crippen molar-refractivity contribution in [3.05, 3.63) is 36.0 Å². The zero-order chi connectivity index (χ0) is 12.0. The molecule has 0 unspecified atom stereocenters. The van der Waals surface area contributed by atoms with Crippen molar-refractivity contribution in [2.45, 2.75) is 6.92 Å². The Hall–Kier alpha value is -1.97. The van der Waals surface area contributed by atoms with Crippen LogP contribution in [0.25, 0.3) is 0 Å². The fraction of sp³-hybridized carbons (Fsp3) is 0.250. The monoisotopic (exact) mass is 220 g/mol. The molecule has 86 valence electrons. The topological polar surface area (TPSA) is 50.4 Å². The maximum atomic E-state index is 11.6. The lowest BCUT2D eigenvalue weighted by atomic mass is 10.3. The Kier molecular flexibility index (Phi) is 4.39. The van der Waals surface area contributed by atoms with Gasteiger partial charge in [-0.1, -0.05) is 12.1 Å². The van der Waals surface area contributed by atoms with E-state index in [1.54, 1.807) is 26.3 Å². The zero-order valence-electron chi connectivity index (χ0n) is 9.70. The second-order valence-corrected chi connectivity index (χ2v) is 3.27. The first kappa shape index (κ1) is 12.1. The summed E-state index contributed by atoms with van der Waals surface area (Å²) in [6.07, 6.45) is 1.49. The molecule has 4 nitrogen and oxygen atoms in total. The summed E-state index contributed by atoms with van der Waals surface area (Å²) in [5.74, 6) is 0.461. The van der Waals surface area contributed by atoms with Gasteiger partial charge in [-0.05, 0) is 19.1 Å². The van der Waals surface area contributed by atoms with Gasteiger partial charge in [-0.2, -0.15) is 0 Å². The average molecular weight is 220 g/mol. The van der Waals surface area contributed by atoms with Crippen molar-refractivity contribution in [2.75, 3.05) is 19.5 Å². The quantitative estimate of drug-likeness (QED) is 0.760. The van der Waals surface area contributed by atoms with Crippen LogP contribution in [-0.4, -0.2) is 20.1 Å². The molecule has 2 N–H and O–H groups in total. The first-order valence-electron chi connectivity index (χ1n) is 4.97. The number of ether oxygens (including phenoxy) is 1. The normalized spacial score (nSPS) is 10.8. The van der Waals surface area contributed by atoms with Crippen LogP contribution in [-0.2, 0) is 4.79 Å². The lowest BCUT2D eigenvalue weighted by Gasteiger charge is -2.08. The van der Waals surface area contributed by atoms with Crippen LogP contribution >= 0.6 is 0 Å². The van der Waals surface area contributed by atoms with E-state index in [1.165, 1.54) is 6.08 Å². The van der Waals surface area contributed by atoms with Gasteiger partial charge in [0.25, 0.3) is 0 Å². The maximum absolute atomic E-state index is 11.6. The number of carbonyl (C=O) groups is 1. The second-order valence-electron chi connectivity index (χ2n) is 3.27. The highest BCUT2D eigenvalue weighted by atomic mass is 16.5. The summed E-state index contributed by atoms with van der Waals surface area (Å²) in [7, 11) is 3.34. The summed E-state index contributed by atoms with van der Waals surface area (Å²) in [5.41, 5.74) is 1.46. The first-order valence-corrected chi connectivity index (χ1v) is 4.97. The molecule has 0 aliphatic carbocycles. The molecule has 0 spiro atoms. The Bertz CT molecular complexity index is 400. The molecule has 1 aromatic rings. The van der Waals surface area contributed by atoms with Crippen molar-refractivity contribution in [3.63, 3.8) is 0 Å². The number of hydrogen-bond acceptors (Lipinski definition) is 3. The van der Waals surface area contributed by atoms with Gasteiger partial charge in [-0.15, -0.1) is 0 Å². The molecule has 0 aromatic heterocycles. The van der Waals surface area contributed by atoms with E-state index in [1.807, 2.05) is 19.1 Å². The highest BCUT2D eigenvalue weighted by Gasteiger charge is 2.04. The third-order valence-electron chi connectivity index (χ3n) is 2.11. The highest BCUT2D eigenvalue weighted by Crippen LogP contribution is 2.22. The van der Waals surface area contributed by atoms with Gasteiger partial charge in [0.1, 0.15) is 5.75 Å². The second kappa shape index (κ2) is 5.80. The number of para-hydroxylation sites is 2. The number of rotatable bonds is 4. The van der Waals surface area contributed by atoms with E-state index in [0.29, 0.717) is 11.4 Å². The van der Waals surface area contributed by atoms with Crippen LogP contribution in [0.15, 0.2) is 36.0 Å². The molecule has 1 amide bonds. The van der Waals surface area contributed by atoms with Crippen molar-refractivity contribution >= 4 is 11.6 Å². The summed E-state index contributed by atoms with van der Waals surface area (Å²) in [6, 6.07) is 7.28. The van der Waals surface area contributed by atoms with Gasteiger partial charge < -0.3 is 15.4 Å². The average Bonchev–Trinajstić information content (AvgIpc) is 2.29. The smallest absolute Gasteiger partial charge is 0.250 e. The lowest BCUT2D eigenvalue weighted by molar-refractivity contribution is -0.112. The number of benzene rings is 1. The van der Waals surface area contributed by atoms with Gasteiger partial charge in [-0.25, -0.2) is 0 Å². The van der Waals surface area contributed by atoms with E-state index >= 15 is 0 Å². The molecule has 0 aliphatic rings. The minimum absolute atomic E-state index is 0.184. The van der Waals surface area contributed by atoms with E-state index in [0.717, 1.165) is 5.70 Å². The Balaban J connectivity index is 2.77. The minimum Gasteiger partial charge on any atom is -0.495 e. The zero-order valence-corrected chi connectivity index (χ0v) is 9.70. The Morgan fingerprint density at radius 3 is 2.69 bits per heavy atom. The first-order chi connectivity index (χ1) is 7.67. The van der Waals surface area contributed by atoms with E-state index in [-0.39, 0.29) is 5.91 Å². The van der Waals surface area contributed by atoms with E-state index < -0.39 is 0 Å². The molecule has 0 heterocycles. The molecule has 0 fully saturated rings. The molecule has 1 rings (SSSR count). The summed E-state index contributed by atoms with van der Waals surface area (Å²) < 4.78 is 5.13. The number of amides is 1. The van der Waals surface area contributed by atoms with Crippen molar-refractivity contribution in [2.24, 2.45) is 0 Å². The highest BCUT2D eigenvalue weighted by molar-refractivity contribution is 6.00. The third-order valence-corrected chi connectivity index (χ3v) is 2.11. The van der Waals surface area contributed by atoms with Crippen molar-refractivity contribution in [1.29, 1.82) is 0 Å². The van der Waals surface area contributed by atoms with E-state index in [4.69, 9.17) is 4.74 Å². The number of allylic oxidation sites excluding steroid dienone is 1. The van der Waals surface area contributed by atoms with Crippen LogP contribution in [0, 0.1) is 0 Å². The predicted octanol–water partition coefficient (Wildman–Crippen LogP) is 1.76. The standard InChI is InChI=1S/C12H16N2O2/c1-9(13-2)8-12(15)14-10-6-4-5-7-11(10)16-3/h4-8,13H,1-3H3,(H,14,15)/b9-8+. The maximum Gasteiger partial charge on any atom is 0.250 e. The van der Waals surface area contributed by atoms with Crippen LogP contribution in [0.3, 0.4) is 0 Å². The van der Waals surface area contributed by atoms with Gasteiger partial charge in [0.05, 0.1) is 12.8 Å². The molecule has 16 heavy (non-hydrogen) atoms. The number of nitrogens with one attached hydrogen (secondary N) is 2. The summed E-state index contributed by atoms with van der Waals surface area (Å²) in [5, 5.41) is 5.63. The number of carbonyl (C=O) groups excluding carboxylic acids is 1. The molecule has 1 aromatic carbocycles. The molecule has 0 bridgehead atoms. The number of anilines is 1. The SMILES string of the molecule is CN/C(C)=C/C(=O)Nc1ccccc1OC. The fourth-order valence-electron chi connectivity index (χ4n) is 1.19. The van der Waals surface area contributed by atoms with Crippen molar-refractivity contribution in [3.8, 4) is 5.75 Å². The third kappa shape index (κ3) is 3.31. The van der Waals surface area contributed by atoms with Gasteiger partial charge in [0.2, 0.25) is 5.91 Å². The van der Waals surface area contributed by atoms with Gasteiger partial charge in [-0.3, -0.25) is 4.79 Å². The van der Waals surface area contributed by atoms with Crippen LogP contribution < -0.4 is 15.4 Å². The molecule has 0 atom stereocenters. The predicted molar refractivity (Wildman–Crippen MR) is 64.4 cm³/mol.